The zero-order chi connectivity index (χ0) is 40.3. The van der Waals surface area contributed by atoms with Crippen LogP contribution in [0.5, 0.6) is 0 Å². The van der Waals surface area contributed by atoms with Crippen LogP contribution < -0.4 is 4.90 Å². The van der Waals surface area contributed by atoms with Gasteiger partial charge in [0.05, 0.1) is 16.7 Å². The number of para-hydroxylation sites is 4. The van der Waals surface area contributed by atoms with E-state index in [9.17, 15) is 0 Å². The van der Waals surface area contributed by atoms with Gasteiger partial charge < -0.3 is 13.9 Å². The maximum atomic E-state index is 6.53. The molecule has 0 radical (unpaired) electrons. The van der Waals surface area contributed by atoms with Gasteiger partial charge in [-0.15, -0.1) is 0 Å². The van der Waals surface area contributed by atoms with Crippen molar-refractivity contribution in [3.05, 3.63) is 231 Å². The summed E-state index contributed by atoms with van der Waals surface area (Å²) in [6.45, 7) is 0. The van der Waals surface area contributed by atoms with Crippen LogP contribution in [-0.4, -0.2) is 4.57 Å². The summed E-state index contributed by atoms with van der Waals surface area (Å²) >= 11 is 0. The van der Waals surface area contributed by atoms with Crippen LogP contribution in [0.15, 0.2) is 235 Å². The van der Waals surface area contributed by atoms with E-state index in [4.69, 9.17) is 4.42 Å². The molecule has 0 fully saturated rings. The molecule has 2 heterocycles. The zero-order valence-electron chi connectivity index (χ0n) is 33.2. The van der Waals surface area contributed by atoms with E-state index in [1.807, 2.05) is 12.1 Å². The Balaban J connectivity index is 1.08. The first-order valence-corrected chi connectivity index (χ1v) is 20.8. The minimum Gasteiger partial charge on any atom is -0.456 e. The van der Waals surface area contributed by atoms with Crippen molar-refractivity contribution in [1.29, 1.82) is 0 Å². The van der Waals surface area contributed by atoms with Gasteiger partial charge in [0.1, 0.15) is 11.2 Å². The van der Waals surface area contributed by atoms with Crippen molar-refractivity contribution in [2.45, 2.75) is 0 Å². The summed E-state index contributed by atoms with van der Waals surface area (Å²) < 4.78 is 8.92. The predicted molar refractivity (Wildman–Crippen MR) is 257 cm³/mol. The highest BCUT2D eigenvalue weighted by Crippen LogP contribution is 2.46. The van der Waals surface area contributed by atoms with Gasteiger partial charge in [-0.2, -0.15) is 0 Å². The standard InChI is InChI=1S/C58H38N2O/c1-3-16-39(17-4-1)46-27-14-18-40-19-15-28-52(58(40)46)48-25-8-10-29-53(48)59(45-33-35-51-50-26-9-12-31-56(50)61-57(51)38-45)44-23-13-20-41(36-44)42-32-34-49-47-24-7-11-30-54(47)60(55(49)37-42)43-21-5-2-6-22-43/h1-38H. The van der Waals surface area contributed by atoms with Gasteiger partial charge in [-0.05, 0) is 99.3 Å². The van der Waals surface area contributed by atoms with Gasteiger partial charge in [-0.1, -0.05) is 164 Å². The van der Waals surface area contributed by atoms with Crippen molar-refractivity contribution in [3.8, 4) is 39.1 Å². The summed E-state index contributed by atoms with van der Waals surface area (Å²) in [4.78, 5) is 2.40. The van der Waals surface area contributed by atoms with E-state index in [1.165, 1.54) is 49.3 Å². The smallest absolute Gasteiger partial charge is 0.137 e. The minimum atomic E-state index is 0.855. The highest BCUT2D eigenvalue weighted by atomic mass is 16.3. The molecule has 61 heavy (non-hydrogen) atoms. The first kappa shape index (κ1) is 34.9. The first-order valence-electron chi connectivity index (χ1n) is 20.8. The SMILES string of the molecule is c1ccc(-c2cccc3cccc(-c4ccccc4N(c4cccc(-c5ccc6c7ccccc7n(-c7ccccc7)c6c5)c4)c4ccc5c(c4)oc4ccccc45)c23)cc1. The molecule has 12 aromatic rings. The molecule has 0 saturated carbocycles. The lowest BCUT2D eigenvalue weighted by molar-refractivity contribution is 0.669. The number of hydrogen-bond donors (Lipinski definition) is 0. The fourth-order valence-corrected chi connectivity index (χ4v) is 9.43. The number of hydrogen-bond acceptors (Lipinski definition) is 2. The average molecular weight is 779 g/mol. The van der Waals surface area contributed by atoms with Crippen molar-refractivity contribution < 1.29 is 4.42 Å². The van der Waals surface area contributed by atoms with E-state index in [0.717, 1.165) is 61.4 Å². The monoisotopic (exact) mass is 778 g/mol. The molecule has 0 saturated heterocycles. The Kier molecular flexibility index (Phi) is 8.17. The highest BCUT2D eigenvalue weighted by molar-refractivity contribution is 6.12. The lowest BCUT2D eigenvalue weighted by Crippen LogP contribution is -2.11. The molecule has 0 atom stereocenters. The number of furan rings is 1. The molecule has 286 valence electrons. The van der Waals surface area contributed by atoms with Crippen LogP contribution in [0, 0.1) is 0 Å². The van der Waals surface area contributed by atoms with Gasteiger partial charge >= 0.3 is 0 Å². The Bertz CT molecular complexity index is 3590. The molecule has 0 spiro atoms. The molecule has 0 bridgehead atoms. The number of aromatic nitrogens is 1. The third kappa shape index (κ3) is 5.82. The normalized spacial score (nSPS) is 11.6. The Morgan fingerprint density at radius 1 is 0.344 bits per heavy atom. The van der Waals surface area contributed by atoms with Crippen LogP contribution in [0.25, 0.3) is 93.6 Å². The Hall–Kier alpha value is -8.14. The van der Waals surface area contributed by atoms with Gasteiger partial charge in [0.15, 0.2) is 0 Å². The van der Waals surface area contributed by atoms with Crippen LogP contribution in [0.3, 0.4) is 0 Å². The summed E-state index contributed by atoms with van der Waals surface area (Å²) in [5.41, 5.74) is 15.4. The van der Waals surface area contributed by atoms with Gasteiger partial charge in [0.25, 0.3) is 0 Å². The second-order valence-corrected chi connectivity index (χ2v) is 15.7. The van der Waals surface area contributed by atoms with Crippen LogP contribution in [0.4, 0.5) is 17.1 Å². The second-order valence-electron chi connectivity index (χ2n) is 15.7. The minimum absolute atomic E-state index is 0.855. The number of fused-ring (bicyclic) bond motifs is 7. The van der Waals surface area contributed by atoms with E-state index >= 15 is 0 Å². The maximum absolute atomic E-state index is 6.53. The maximum Gasteiger partial charge on any atom is 0.137 e. The highest BCUT2D eigenvalue weighted by Gasteiger charge is 2.22. The topological polar surface area (TPSA) is 21.3 Å². The summed E-state index contributed by atoms with van der Waals surface area (Å²) in [7, 11) is 0. The van der Waals surface area contributed by atoms with Crippen LogP contribution in [0.2, 0.25) is 0 Å². The van der Waals surface area contributed by atoms with Crippen LogP contribution >= 0.6 is 0 Å². The lowest BCUT2D eigenvalue weighted by Gasteiger charge is -2.29. The Morgan fingerprint density at radius 2 is 0.951 bits per heavy atom. The number of nitrogens with zero attached hydrogens (tertiary/aromatic N) is 2. The summed E-state index contributed by atoms with van der Waals surface area (Å²) in [5.74, 6) is 0. The van der Waals surface area contributed by atoms with Crippen molar-refractivity contribution >= 4 is 71.6 Å². The van der Waals surface area contributed by atoms with E-state index < -0.39 is 0 Å². The lowest BCUT2D eigenvalue weighted by atomic mass is 9.90. The van der Waals surface area contributed by atoms with E-state index in [0.29, 0.717) is 0 Å². The van der Waals surface area contributed by atoms with Crippen molar-refractivity contribution in [1.82, 2.24) is 4.57 Å². The average Bonchev–Trinajstić information content (AvgIpc) is 3.87. The largest absolute Gasteiger partial charge is 0.456 e. The Morgan fingerprint density at radius 3 is 1.82 bits per heavy atom. The molecule has 0 N–H and O–H groups in total. The fraction of sp³-hybridized carbons (Fsp3) is 0. The van der Waals surface area contributed by atoms with E-state index in [1.54, 1.807) is 0 Å². The number of benzene rings is 10. The van der Waals surface area contributed by atoms with Crippen LogP contribution in [0.1, 0.15) is 0 Å². The zero-order valence-corrected chi connectivity index (χ0v) is 33.2. The third-order valence-corrected chi connectivity index (χ3v) is 12.2. The second kappa shape index (κ2) is 14.3. The predicted octanol–water partition coefficient (Wildman–Crippen LogP) is 16.3. The molecule has 0 amide bonds. The van der Waals surface area contributed by atoms with Crippen molar-refractivity contribution in [3.63, 3.8) is 0 Å². The number of rotatable bonds is 7. The van der Waals surface area contributed by atoms with E-state index in [-0.39, 0.29) is 0 Å². The van der Waals surface area contributed by atoms with Gasteiger partial charge in [0.2, 0.25) is 0 Å². The molecule has 0 unspecified atom stereocenters. The van der Waals surface area contributed by atoms with Crippen molar-refractivity contribution in [2.75, 3.05) is 4.90 Å². The molecule has 0 aliphatic carbocycles. The summed E-state index contributed by atoms with van der Waals surface area (Å²) in [5, 5.41) is 7.13. The molecule has 0 aliphatic rings. The molecular weight excluding hydrogens is 741 g/mol. The molecule has 2 aromatic heterocycles. The van der Waals surface area contributed by atoms with Gasteiger partial charge in [0, 0.05) is 50.2 Å². The first-order chi connectivity index (χ1) is 30.3. The van der Waals surface area contributed by atoms with Gasteiger partial charge in [-0.3, -0.25) is 0 Å². The summed E-state index contributed by atoms with van der Waals surface area (Å²) in [6, 6.07) is 83.0. The number of anilines is 3. The molecule has 3 heteroatoms. The fourth-order valence-electron chi connectivity index (χ4n) is 9.43. The molecule has 10 aromatic carbocycles. The van der Waals surface area contributed by atoms with Gasteiger partial charge in [-0.25, -0.2) is 0 Å². The Labute approximate surface area is 353 Å². The van der Waals surface area contributed by atoms with E-state index in [2.05, 4.69) is 228 Å². The molecule has 0 aliphatic heterocycles. The molecule has 3 nitrogen and oxygen atoms in total. The van der Waals surface area contributed by atoms with Crippen LogP contribution in [-0.2, 0) is 0 Å². The molecule has 12 rings (SSSR count). The molecular formula is C58H38N2O. The summed E-state index contributed by atoms with van der Waals surface area (Å²) in [6.07, 6.45) is 0. The van der Waals surface area contributed by atoms with Crippen molar-refractivity contribution in [2.24, 2.45) is 0 Å². The third-order valence-electron chi connectivity index (χ3n) is 12.2. The quantitative estimate of drug-likeness (QED) is 0.161.